The Morgan fingerprint density at radius 1 is 1.44 bits per heavy atom. The third kappa shape index (κ3) is 3.98. The Hall–Kier alpha value is -1.10. The summed E-state index contributed by atoms with van der Waals surface area (Å²) < 4.78 is 0. The Morgan fingerprint density at radius 2 is 2.11 bits per heavy atom. The highest BCUT2D eigenvalue weighted by molar-refractivity contribution is 5.82. The van der Waals surface area contributed by atoms with Crippen LogP contribution in [0.4, 0.5) is 0 Å². The van der Waals surface area contributed by atoms with Crippen LogP contribution in [0.2, 0.25) is 0 Å². The molecule has 1 aliphatic heterocycles. The standard InChI is InChI=1S/C13H24N2O3/c1-9(2)15(8-4-5-11(16)17)13(18)12-10(3)6-7-14-12/h9-10,12,14H,4-8H2,1-3H3,(H,16,17). The van der Waals surface area contributed by atoms with Crippen LogP contribution in [0.1, 0.15) is 40.0 Å². The molecule has 1 saturated heterocycles. The summed E-state index contributed by atoms with van der Waals surface area (Å²) >= 11 is 0. The Kier molecular flexibility index (Phi) is 5.59. The lowest BCUT2D eigenvalue weighted by Crippen LogP contribution is -2.49. The van der Waals surface area contributed by atoms with Crippen molar-refractivity contribution in [2.45, 2.75) is 52.1 Å². The fourth-order valence-corrected chi connectivity index (χ4v) is 2.37. The average molecular weight is 256 g/mol. The van der Waals surface area contributed by atoms with E-state index in [1.54, 1.807) is 4.90 Å². The van der Waals surface area contributed by atoms with Gasteiger partial charge in [-0.3, -0.25) is 9.59 Å². The maximum Gasteiger partial charge on any atom is 0.303 e. The molecule has 0 bridgehead atoms. The molecule has 0 aromatic heterocycles. The van der Waals surface area contributed by atoms with Gasteiger partial charge in [-0.2, -0.15) is 0 Å². The molecular weight excluding hydrogens is 232 g/mol. The zero-order valence-corrected chi connectivity index (χ0v) is 11.5. The van der Waals surface area contributed by atoms with Crippen LogP contribution in [0.25, 0.3) is 0 Å². The highest BCUT2D eigenvalue weighted by Crippen LogP contribution is 2.18. The van der Waals surface area contributed by atoms with E-state index in [9.17, 15) is 9.59 Å². The minimum Gasteiger partial charge on any atom is -0.481 e. The predicted molar refractivity (Wildman–Crippen MR) is 69.3 cm³/mol. The third-order valence-corrected chi connectivity index (χ3v) is 3.50. The van der Waals surface area contributed by atoms with Gasteiger partial charge in [0.05, 0.1) is 6.04 Å². The molecule has 1 fully saturated rings. The number of hydrogen-bond acceptors (Lipinski definition) is 3. The van der Waals surface area contributed by atoms with Gasteiger partial charge >= 0.3 is 5.97 Å². The van der Waals surface area contributed by atoms with Crippen molar-refractivity contribution in [2.75, 3.05) is 13.1 Å². The first-order chi connectivity index (χ1) is 8.43. The number of rotatable bonds is 6. The van der Waals surface area contributed by atoms with Crippen LogP contribution in [-0.4, -0.2) is 47.1 Å². The average Bonchev–Trinajstić information content (AvgIpc) is 2.69. The highest BCUT2D eigenvalue weighted by Gasteiger charge is 2.33. The number of aliphatic carboxylic acids is 1. The molecule has 2 unspecified atom stereocenters. The second kappa shape index (κ2) is 6.73. The molecule has 5 heteroatoms. The largest absolute Gasteiger partial charge is 0.481 e. The van der Waals surface area contributed by atoms with Gasteiger partial charge in [-0.15, -0.1) is 0 Å². The van der Waals surface area contributed by atoms with Gasteiger partial charge < -0.3 is 15.3 Å². The molecule has 2 N–H and O–H groups in total. The molecule has 1 amide bonds. The molecule has 0 aromatic rings. The summed E-state index contributed by atoms with van der Waals surface area (Å²) in [5.74, 6) is -0.336. The van der Waals surface area contributed by atoms with Crippen LogP contribution < -0.4 is 5.32 Å². The van der Waals surface area contributed by atoms with Crippen molar-refractivity contribution < 1.29 is 14.7 Å². The third-order valence-electron chi connectivity index (χ3n) is 3.50. The maximum atomic E-state index is 12.4. The molecule has 0 aliphatic carbocycles. The summed E-state index contributed by atoms with van der Waals surface area (Å²) in [7, 11) is 0. The van der Waals surface area contributed by atoms with E-state index in [4.69, 9.17) is 5.11 Å². The lowest BCUT2D eigenvalue weighted by atomic mass is 10.0. The zero-order valence-electron chi connectivity index (χ0n) is 11.5. The number of carbonyl (C=O) groups is 2. The lowest BCUT2D eigenvalue weighted by molar-refractivity contribution is -0.139. The van der Waals surface area contributed by atoms with Gasteiger partial charge in [-0.05, 0) is 39.2 Å². The molecule has 1 heterocycles. The van der Waals surface area contributed by atoms with Crippen molar-refractivity contribution in [1.29, 1.82) is 0 Å². The summed E-state index contributed by atoms with van der Waals surface area (Å²) in [4.78, 5) is 24.7. The molecular formula is C13H24N2O3. The van der Waals surface area contributed by atoms with Gasteiger partial charge in [0.1, 0.15) is 0 Å². The fourth-order valence-electron chi connectivity index (χ4n) is 2.37. The summed E-state index contributed by atoms with van der Waals surface area (Å²) in [6.45, 7) is 7.43. The number of nitrogens with zero attached hydrogens (tertiary/aromatic N) is 1. The van der Waals surface area contributed by atoms with E-state index in [0.717, 1.165) is 13.0 Å². The molecule has 1 rings (SSSR count). The second-order valence-electron chi connectivity index (χ2n) is 5.32. The van der Waals surface area contributed by atoms with Crippen molar-refractivity contribution in [3.8, 4) is 0 Å². The molecule has 2 atom stereocenters. The van der Waals surface area contributed by atoms with Gasteiger partial charge in [0.25, 0.3) is 0 Å². The van der Waals surface area contributed by atoms with E-state index in [2.05, 4.69) is 12.2 Å². The van der Waals surface area contributed by atoms with E-state index in [-0.39, 0.29) is 24.4 Å². The van der Waals surface area contributed by atoms with Crippen molar-refractivity contribution in [2.24, 2.45) is 5.92 Å². The van der Waals surface area contributed by atoms with E-state index in [1.165, 1.54) is 0 Å². The first-order valence-electron chi connectivity index (χ1n) is 6.69. The summed E-state index contributed by atoms with van der Waals surface area (Å²) in [6.07, 6.45) is 1.65. The summed E-state index contributed by atoms with van der Waals surface area (Å²) in [5.41, 5.74) is 0. The van der Waals surface area contributed by atoms with Gasteiger partial charge in [0, 0.05) is 19.0 Å². The van der Waals surface area contributed by atoms with E-state index in [1.807, 2.05) is 13.8 Å². The second-order valence-corrected chi connectivity index (χ2v) is 5.32. The fraction of sp³-hybridized carbons (Fsp3) is 0.846. The number of amides is 1. The smallest absolute Gasteiger partial charge is 0.303 e. The Bertz CT molecular complexity index is 305. The van der Waals surface area contributed by atoms with Gasteiger partial charge in [-0.25, -0.2) is 0 Å². The van der Waals surface area contributed by atoms with Crippen molar-refractivity contribution in [3.63, 3.8) is 0 Å². The van der Waals surface area contributed by atoms with Gasteiger partial charge in [0.2, 0.25) is 5.91 Å². The molecule has 0 saturated carbocycles. The highest BCUT2D eigenvalue weighted by atomic mass is 16.4. The maximum absolute atomic E-state index is 12.4. The Morgan fingerprint density at radius 3 is 2.56 bits per heavy atom. The Balaban J connectivity index is 2.55. The number of hydrogen-bond donors (Lipinski definition) is 2. The van der Waals surface area contributed by atoms with E-state index >= 15 is 0 Å². The monoisotopic (exact) mass is 256 g/mol. The lowest BCUT2D eigenvalue weighted by Gasteiger charge is -2.30. The molecule has 0 spiro atoms. The van der Waals surface area contributed by atoms with Crippen LogP contribution in [-0.2, 0) is 9.59 Å². The number of carbonyl (C=O) groups excluding carboxylic acids is 1. The minimum atomic E-state index is -0.807. The molecule has 5 nitrogen and oxygen atoms in total. The van der Waals surface area contributed by atoms with E-state index < -0.39 is 5.97 Å². The molecule has 0 aromatic carbocycles. The summed E-state index contributed by atoms with van der Waals surface area (Å²) in [6, 6.07) is 0.0122. The van der Waals surface area contributed by atoms with Crippen LogP contribution in [0.3, 0.4) is 0 Å². The van der Waals surface area contributed by atoms with Gasteiger partial charge in [-0.1, -0.05) is 6.92 Å². The topological polar surface area (TPSA) is 69.6 Å². The first-order valence-corrected chi connectivity index (χ1v) is 6.69. The van der Waals surface area contributed by atoms with Gasteiger partial charge in [0.15, 0.2) is 0 Å². The molecule has 0 radical (unpaired) electrons. The molecule has 18 heavy (non-hydrogen) atoms. The minimum absolute atomic E-state index is 0.0998. The number of carboxylic acids is 1. The van der Waals surface area contributed by atoms with Crippen molar-refractivity contribution in [3.05, 3.63) is 0 Å². The normalized spacial score (nSPS) is 23.3. The molecule has 104 valence electrons. The van der Waals surface area contributed by atoms with Crippen LogP contribution >= 0.6 is 0 Å². The molecule has 1 aliphatic rings. The van der Waals surface area contributed by atoms with Crippen molar-refractivity contribution in [1.82, 2.24) is 10.2 Å². The van der Waals surface area contributed by atoms with Crippen LogP contribution in [0.15, 0.2) is 0 Å². The first kappa shape index (κ1) is 15.0. The zero-order chi connectivity index (χ0) is 13.7. The number of nitrogens with one attached hydrogen (secondary N) is 1. The van der Waals surface area contributed by atoms with Crippen LogP contribution in [0.5, 0.6) is 0 Å². The number of carboxylic acid groups (broad SMARTS) is 1. The van der Waals surface area contributed by atoms with E-state index in [0.29, 0.717) is 18.9 Å². The van der Waals surface area contributed by atoms with Crippen molar-refractivity contribution >= 4 is 11.9 Å². The van der Waals surface area contributed by atoms with Crippen LogP contribution in [0, 0.1) is 5.92 Å². The SMILES string of the molecule is CC1CCNC1C(=O)N(CCCC(=O)O)C(C)C. The predicted octanol–water partition coefficient (Wildman–Crippen LogP) is 1.09. The Labute approximate surface area is 109 Å². The summed E-state index contributed by atoms with van der Waals surface area (Å²) in [5, 5.41) is 11.9. The quantitative estimate of drug-likeness (QED) is 0.746.